The molecule has 1 saturated carbocycles. The Hall–Kier alpha value is -3.81. The van der Waals surface area contributed by atoms with Gasteiger partial charge in [0, 0.05) is 24.0 Å². The van der Waals surface area contributed by atoms with Crippen molar-refractivity contribution >= 4 is 5.91 Å². The van der Waals surface area contributed by atoms with Gasteiger partial charge in [0.1, 0.15) is 12.0 Å². The monoisotopic (exact) mass is 414 g/mol. The summed E-state index contributed by atoms with van der Waals surface area (Å²) in [4.78, 5) is 25.9. The van der Waals surface area contributed by atoms with Gasteiger partial charge in [0.15, 0.2) is 5.82 Å². The SMILES string of the molecule is O=C(NC1CCCCC1)c1cn(-c2ncccc2-c2nc(-c3ccccc3)no2)cn1. The van der Waals surface area contributed by atoms with Crippen LogP contribution in [-0.4, -0.2) is 36.6 Å². The number of nitrogens with one attached hydrogen (secondary N) is 1. The molecule has 0 bridgehead atoms. The molecule has 1 N–H and O–H groups in total. The fourth-order valence-corrected chi connectivity index (χ4v) is 3.87. The summed E-state index contributed by atoms with van der Waals surface area (Å²) in [5, 5.41) is 7.18. The van der Waals surface area contributed by atoms with E-state index in [0.29, 0.717) is 28.8 Å². The number of imidazole rings is 1. The molecule has 0 atom stereocenters. The second kappa shape index (κ2) is 8.51. The normalized spacial score (nSPS) is 14.5. The zero-order valence-electron chi connectivity index (χ0n) is 16.9. The van der Waals surface area contributed by atoms with Crippen molar-refractivity contribution < 1.29 is 9.32 Å². The predicted octanol–water partition coefficient (Wildman–Crippen LogP) is 4.05. The highest BCUT2D eigenvalue weighted by molar-refractivity contribution is 5.92. The van der Waals surface area contributed by atoms with Crippen LogP contribution in [0, 0.1) is 0 Å². The Kier molecular flexibility index (Phi) is 5.26. The number of carbonyl (C=O) groups is 1. The van der Waals surface area contributed by atoms with Crippen molar-refractivity contribution in [3.8, 4) is 28.7 Å². The lowest BCUT2D eigenvalue weighted by atomic mass is 9.95. The molecule has 3 aromatic heterocycles. The number of carbonyl (C=O) groups excluding carboxylic acids is 1. The van der Waals surface area contributed by atoms with Crippen LogP contribution >= 0.6 is 0 Å². The smallest absolute Gasteiger partial charge is 0.271 e. The van der Waals surface area contributed by atoms with Gasteiger partial charge in [-0.05, 0) is 25.0 Å². The molecule has 0 spiro atoms. The molecule has 0 saturated heterocycles. The van der Waals surface area contributed by atoms with Gasteiger partial charge in [0.05, 0.1) is 5.56 Å². The van der Waals surface area contributed by atoms with Crippen molar-refractivity contribution in [2.24, 2.45) is 0 Å². The van der Waals surface area contributed by atoms with E-state index in [1.807, 2.05) is 36.4 Å². The topological polar surface area (TPSA) is 98.7 Å². The number of benzene rings is 1. The molecule has 4 aromatic rings. The van der Waals surface area contributed by atoms with Crippen molar-refractivity contribution in [1.29, 1.82) is 0 Å². The molecule has 31 heavy (non-hydrogen) atoms. The molecule has 0 radical (unpaired) electrons. The minimum atomic E-state index is -0.160. The van der Waals surface area contributed by atoms with Crippen molar-refractivity contribution in [2.75, 3.05) is 0 Å². The number of pyridine rings is 1. The Morgan fingerprint density at radius 1 is 1.03 bits per heavy atom. The summed E-state index contributed by atoms with van der Waals surface area (Å²) in [5.41, 5.74) is 1.89. The highest BCUT2D eigenvalue weighted by Gasteiger charge is 2.20. The minimum Gasteiger partial charge on any atom is -0.348 e. The highest BCUT2D eigenvalue weighted by Crippen LogP contribution is 2.26. The van der Waals surface area contributed by atoms with Crippen molar-refractivity contribution in [3.05, 3.63) is 66.9 Å². The molecule has 3 heterocycles. The highest BCUT2D eigenvalue weighted by atomic mass is 16.5. The first-order valence-corrected chi connectivity index (χ1v) is 10.5. The average Bonchev–Trinajstić information content (AvgIpc) is 3.51. The van der Waals surface area contributed by atoms with Gasteiger partial charge in [-0.1, -0.05) is 54.8 Å². The van der Waals surface area contributed by atoms with E-state index in [2.05, 4.69) is 25.4 Å². The zero-order valence-corrected chi connectivity index (χ0v) is 16.9. The fourth-order valence-electron chi connectivity index (χ4n) is 3.87. The largest absolute Gasteiger partial charge is 0.348 e. The molecular formula is C23H22N6O2. The number of aromatic nitrogens is 5. The standard InChI is InChI=1S/C23H22N6O2/c30-22(26-17-10-5-2-6-11-17)19-14-29(15-25-19)21-18(12-7-13-24-21)23-27-20(28-31-23)16-8-3-1-4-9-16/h1,3-4,7-9,12-15,17H,2,5-6,10-11H2,(H,26,30). The maximum atomic E-state index is 12.6. The minimum absolute atomic E-state index is 0.160. The maximum Gasteiger partial charge on any atom is 0.271 e. The number of amides is 1. The maximum absolute atomic E-state index is 12.6. The van der Waals surface area contributed by atoms with Crippen LogP contribution in [0.3, 0.4) is 0 Å². The summed E-state index contributed by atoms with van der Waals surface area (Å²) in [7, 11) is 0. The summed E-state index contributed by atoms with van der Waals surface area (Å²) < 4.78 is 7.21. The van der Waals surface area contributed by atoms with Gasteiger partial charge in [-0.3, -0.25) is 9.36 Å². The first-order chi connectivity index (χ1) is 15.3. The molecule has 1 aliphatic carbocycles. The van der Waals surface area contributed by atoms with Crippen molar-refractivity contribution in [2.45, 2.75) is 38.1 Å². The van der Waals surface area contributed by atoms with Gasteiger partial charge in [0.25, 0.3) is 11.8 Å². The lowest BCUT2D eigenvalue weighted by Gasteiger charge is -2.22. The van der Waals surface area contributed by atoms with Gasteiger partial charge < -0.3 is 9.84 Å². The Bertz CT molecular complexity index is 1180. The van der Waals surface area contributed by atoms with Crippen molar-refractivity contribution in [1.82, 2.24) is 30.0 Å². The Balaban J connectivity index is 1.40. The molecule has 0 unspecified atom stereocenters. The van der Waals surface area contributed by atoms with Crippen LogP contribution in [0.2, 0.25) is 0 Å². The summed E-state index contributed by atoms with van der Waals surface area (Å²) in [6.45, 7) is 0. The molecule has 1 fully saturated rings. The quantitative estimate of drug-likeness (QED) is 0.529. The van der Waals surface area contributed by atoms with Gasteiger partial charge in [0.2, 0.25) is 5.82 Å². The molecule has 1 amide bonds. The predicted molar refractivity (Wildman–Crippen MR) is 114 cm³/mol. The van der Waals surface area contributed by atoms with E-state index in [1.165, 1.54) is 6.42 Å². The van der Waals surface area contributed by atoms with Crippen LogP contribution in [0.15, 0.2) is 65.7 Å². The fraction of sp³-hybridized carbons (Fsp3) is 0.261. The molecule has 8 heteroatoms. The van der Waals surface area contributed by atoms with E-state index < -0.39 is 0 Å². The molecule has 0 aliphatic heterocycles. The van der Waals surface area contributed by atoms with Crippen LogP contribution in [0.1, 0.15) is 42.6 Å². The molecule has 156 valence electrons. The Morgan fingerprint density at radius 3 is 2.71 bits per heavy atom. The van der Waals surface area contributed by atoms with Crippen LogP contribution in [0.4, 0.5) is 0 Å². The molecular weight excluding hydrogens is 392 g/mol. The van der Waals surface area contributed by atoms with Gasteiger partial charge in [-0.15, -0.1) is 0 Å². The summed E-state index contributed by atoms with van der Waals surface area (Å²) in [6, 6.07) is 13.5. The second-order valence-electron chi connectivity index (χ2n) is 7.64. The van der Waals surface area contributed by atoms with E-state index in [0.717, 1.165) is 31.2 Å². The zero-order chi connectivity index (χ0) is 21.0. The Labute approximate surface area is 179 Å². The third-order valence-corrected chi connectivity index (χ3v) is 5.48. The number of nitrogens with zero attached hydrogens (tertiary/aromatic N) is 5. The lowest BCUT2D eigenvalue weighted by Crippen LogP contribution is -2.36. The van der Waals surface area contributed by atoms with E-state index >= 15 is 0 Å². The van der Waals surface area contributed by atoms with Gasteiger partial charge >= 0.3 is 0 Å². The average molecular weight is 414 g/mol. The first kappa shape index (κ1) is 19.2. The molecule has 5 rings (SSSR count). The third kappa shape index (κ3) is 4.09. The van der Waals surface area contributed by atoms with Crippen LogP contribution in [0.25, 0.3) is 28.7 Å². The van der Waals surface area contributed by atoms with E-state index in [9.17, 15) is 4.79 Å². The molecule has 1 aliphatic rings. The molecule has 8 nitrogen and oxygen atoms in total. The van der Waals surface area contributed by atoms with Gasteiger partial charge in [-0.25, -0.2) is 9.97 Å². The summed E-state index contributed by atoms with van der Waals surface area (Å²) >= 11 is 0. The summed E-state index contributed by atoms with van der Waals surface area (Å²) in [6.07, 6.45) is 10.5. The van der Waals surface area contributed by atoms with Crippen molar-refractivity contribution in [3.63, 3.8) is 0 Å². The number of hydrogen-bond donors (Lipinski definition) is 1. The van der Waals surface area contributed by atoms with Crippen LogP contribution in [-0.2, 0) is 0 Å². The van der Waals surface area contributed by atoms with E-state index in [1.54, 1.807) is 29.4 Å². The van der Waals surface area contributed by atoms with E-state index in [4.69, 9.17) is 4.52 Å². The third-order valence-electron chi connectivity index (χ3n) is 5.48. The first-order valence-electron chi connectivity index (χ1n) is 10.5. The van der Waals surface area contributed by atoms with Crippen LogP contribution in [0.5, 0.6) is 0 Å². The molecule has 1 aromatic carbocycles. The lowest BCUT2D eigenvalue weighted by molar-refractivity contribution is 0.0923. The second-order valence-corrected chi connectivity index (χ2v) is 7.64. The van der Waals surface area contributed by atoms with E-state index in [-0.39, 0.29) is 11.9 Å². The number of hydrogen-bond acceptors (Lipinski definition) is 6. The summed E-state index contributed by atoms with van der Waals surface area (Å²) in [5.74, 6) is 1.26. The van der Waals surface area contributed by atoms with Gasteiger partial charge in [-0.2, -0.15) is 4.98 Å². The Morgan fingerprint density at radius 2 is 1.87 bits per heavy atom. The van der Waals surface area contributed by atoms with Crippen LogP contribution < -0.4 is 5.32 Å². The number of rotatable bonds is 5.